The number of furan rings is 1. The highest BCUT2D eigenvalue weighted by Crippen LogP contribution is 2.45. The molecule has 0 atom stereocenters. The van der Waals surface area contributed by atoms with Crippen molar-refractivity contribution in [2.45, 2.75) is 0 Å². The van der Waals surface area contributed by atoms with Crippen LogP contribution in [0.3, 0.4) is 0 Å². The van der Waals surface area contributed by atoms with E-state index in [1.807, 2.05) is 0 Å². The fourth-order valence-electron chi connectivity index (χ4n) is 7.59. The van der Waals surface area contributed by atoms with Crippen LogP contribution in [0.2, 0.25) is 0 Å². The van der Waals surface area contributed by atoms with Crippen LogP contribution in [0.1, 0.15) is 0 Å². The summed E-state index contributed by atoms with van der Waals surface area (Å²) in [4.78, 5) is 2.31. The lowest BCUT2D eigenvalue weighted by molar-refractivity contribution is 0.673. The van der Waals surface area contributed by atoms with Crippen molar-refractivity contribution in [1.29, 1.82) is 0 Å². The molecule has 0 amide bonds. The normalized spacial score (nSPS) is 11.8. The van der Waals surface area contributed by atoms with Crippen LogP contribution in [0.15, 0.2) is 180 Å². The molecule has 0 saturated carbocycles. The molecular weight excluding hydrogens is 583 g/mol. The second-order valence-electron chi connectivity index (χ2n) is 12.5. The van der Waals surface area contributed by atoms with Crippen LogP contribution >= 0.6 is 0 Å². The summed E-state index contributed by atoms with van der Waals surface area (Å²) in [5.74, 6) is 0. The van der Waals surface area contributed by atoms with E-state index < -0.39 is 0 Å². The minimum Gasteiger partial charge on any atom is -0.453 e. The molecule has 0 bridgehead atoms. The molecule has 0 saturated heterocycles. The van der Waals surface area contributed by atoms with Gasteiger partial charge in [0, 0.05) is 27.5 Å². The Bertz CT molecular complexity index is 2830. The van der Waals surface area contributed by atoms with Crippen molar-refractivity contribution in [2.75, 3.05) is 4.90 Å². The lowest BCUT2D eigenvalue weighted by Crippen LogP contribution is -2.10. The standard InChI is InChI=1S/C46H29NO/c1-2-14-34(15-3-1)47(43-20-10-19-40-41-28-24-31-12-5-9-18-38(31)45(41)48-46(40)43)35-25-21-32(22-26-35)42-29-33-13-6-7-16-36(33)39-27-23-30-11-4-8-17-37(30)44(39)42/h1-29H. The van der Waals surface area contributed by atoms with E-state index >= 15 is 0 Å². The average molecular weight is 612 g/mol. The summed E-state index contributed by atoms with van der Waals surface area (Å²) in [5.41, 5.74) is 7.38. The number of anilines is 3. The lowest BCUT2D eigenvalue weighted by atomic mass is 9.90. The molecule has 0 fully saturated rings. The highest BCUT2D eigenvalue weighted by molar-refractivity contribution is 6.23. The maximum atomic E-state index is 6.80. The van der Waals surface area contributed by atoms with Gasteiger partial charge in [-0.2, -0.15) is 0 Å². The maximum Gasteiger partial charge on any atom is 0.159 e. The number of fused-ring (bicyclic) bond motifs is 10. The fraction of sp³-hybridized carbons (Fsp3) is 0. The van der Waals surface area contributed by atoms with Crippen LogP contribution in [0, 0.1) is 0 Å². The molecule has 0 unspecified atom stereocenters. The van der Waals surface area contributed by atoms with Gasteiger partial charge in [-0.25, -0.2) is 0 Å². The smallest absolute Gasteiger partial charge is 0.159 e. The number of benzene rings is 9. The van der Waals surface area contributed by atoms with Gasteiger partial charge in [-0.3, -0.25) is 0 Å². The SMILES string of the molecule is c1ccc(N(c2ccc(-c3cc4ccccc4c4ccc5ccccc5c34)cc2)c2cccc3c2oc2c4ccccc4ccc32)cc1. The summed E-state index contributed by atoms with van der Waals surface area (Å²) < 4.78 is 6.80. The minimum absolute atomic E-state index is 0.878. The summed E-state index contributed by atoms with van der Waals surface area (Å²) in [6.07, 6.45) is 0. The van der Waals surface area contributed by atoms with Crippen molar-refractivity contribution in [3.8, 4) is 11.1 Å². The molecular formula is C46H29NO. The van der Waals surface area contributed by atoms with Crippen molar-refractivity contribution in [2.24, 2.45) is 0 Å². The fourth-order valence-corrected chi connectivity index (χ4v) is 7.59. The first kappa shape index (κ1) is 26.8. The first-order valence-electron chi connectivity index (χ1n) is 16.4. The predicted octanol–water partition coefficient (Wildman–Crippen LogP) is 13.3. The van der Waals surface area contributed by atoms with E-state index in [9.17, 15) is 0 Å². The third kappa shape index (κ3) is 4.06. The van der Waals surface area contributed by atoms with E-state index in [1.54, 1.807) is 0 Å². The number of hydrogen-bond donors (Lipinski definition) is 0. The number of rotatable bonds is 4. The quantitative estimate of drug-likeness (QED) is 0.184. The second-order valence-corrected chi connectivity index (χ2v) is 12.5. The topological polar surface area (TPSA) is 16.4 Å². The van der Waals surface area contributed by atoms with E-state index in [-0.39, 0.29) is 0 Å². The first-order valence-corrected chi connectivity index (χ1v) is 16.4. The van der Waals surface area contributed by atoms with Crippen molar-refractivity contribution < 1.29 is 4.42 Å². The number of nitrogens with zero attached hydrogens (tertiary/aromatic N) is 1. The first-order chi connectivity index (χ1) is 23.8. The Labute approximate surface area is 277 Å². The molecule has 0 aliphatic heterocycles. The molecule has 1 heterocycles. The predicted molar refractivity (Wildman–Crippen MR) is 204 cm³/mol. The Morgan fingerprint density at radius 3 is 1.73 bits per heavy atom. The van der Waals surface area contributed by atoms with Gasteiger partial charge in [0.15, 0.2) is 5.58 Å². The average Bonchev–Trinajstić information content (AvgIpc) is 3.55. The van der Waals surface area contributed by atoms with E-state index in [1.165, 1.54) is 48.8 Å². The van der Waals surface area contributed by atoms with E-state index in [0.717, 1.165) is 44.4 Å². The van der Waals surface area contributed by atoms with Gasteiger partial charge in [0.1, 0.15) is 5.58 Å². The van der Waals surface area contributed by atoms with Gasteiger partial charge in [-0.1, -0.05) is 133 Å². The van der Waals surface area contributed by atoms with Gasteiger partial charge in [0.2, 0.25) is 0 Å². The monoisotopic (exact) mass is 611 g/mol. The van der Waals surface area contributed by atoms with E-state index in [0.29, 0.717) is 0 Å². The summed E-state index contributed by atoms with van der Waals surface area (Å²) in [6, 6.07) is 63.2. The third-order valence-electron chi connectivity index (χ3n) is 9.81. The molecule has 10 rings (SSSR count). The van der Waals surface area contributed by atoms with E-state index in [2.05, 4.69) is 181 Å². The minimum atomic E-state index is 0.878. The van der Waals surface area contributed by atoms with E-state index in [4.69, 9.17) is 4.42 Å². The Kier molecular flexibility index (Phi) is 5.91. The highest BCUT2D eigenvalue weighted by Gasteiger charge is 2.20. The van der Waals surface area contributed by atoms with Gasteiger partial charge in [0.25, 0.3) is 0 Å². The zero-order valence-electron chi connectivity index (χ0n) is 26.1. The molecule has 48 heavy (non-hydrogen) atoms. The van der Waals surface area contributed by atoms with Crippen molar-refractivity contribution in [3.05, 3.63) is 176 Å². The molecule has 2 nitrogen and oxygen atoms in total. The largest absolute Gasteiger partial charge is 0.453 e. The molecule has 0 radical (unpaired) electrons. The molecule has 0 aliphatic rings. The third-order valence-corrected chi connectivity index (χ3v) is 9.81. The molecule has 10 aromatic rings. The maximum absolute atomic E-state index is 6.80. The molecule has 0 N–H and O–H groups in total. The van der Waals surface area contributed by atoms with Gasteiger partial charge >= 0.3 is 0 Å². The van der Waals surface area contributed by atoms with Gasteiger partial charge < -0.3 is 9.32 Å². The van der Waals surface area contributed by atoms with Crippen LogP contribution in [-0.2, 0) is 0 Å². The molecule has 224 valence electrons. The van der Waals surface area contributed by atoms with Gasteiger partial charge in [-0.05, 0) is 91.3 Å². The zero-order chi connectivity index (χ0) is 31.6. The summed E-state index contributed by atoms with van der Waals surface area (Å²) in [5, 5.41) is 12.2. The Morgan fingerprint density at radius 2 is 0.938 bits per heavy atom. The molecule has 1 aromatic heterocycles. The number of para-hydroxylation sites is 2. The summed E-state index contributed by atoms with van der Waals surface area (Å²) >= 11 is 0. The van der Waals surface area contributed by atoms with Gasteiger partial charge in [0.05, 0.1) is 5.69 Å². The van der Waals surface area contributed by atoms with Crippen molar-refractivity contribution in [1.82, 2.24) is 0 Å². The van der Waals surface area contributed by atoms with Crippen molar-refractivity contribution >= 4 is 82.1 Å². The van der Waals surface area contributed by atoms with Crippen LogP contribution in [0.5, 0.6) is 0 Å². The van der Waals surface area contributed by atoms with Crippen LogP contribution < -0.4 is 4.90 Å². The second kappa shape index (κ2) is 10.6. The lowest BCUT2D eigenvalue weighted by Gasteiger charge is -2.25. The van der Waals surface area contributed by atoms with Crippen molar-refractivity contribution in [3.63, 3.8) is 0 Å². The van der Waals surface area contributed by atoms with Crippen LogP contribution in [0.4, 0.5) is 17.1 Å². The molecule has 2 heteroatoms. The van der Waals surface area contributed by atoms with Crippen LogP contribution in [-0.4, -0.2) is 0 Å². The van der Waals surface area contributed by atoms with Gasteiger partial charge in [-0.15, -0.1) is 0 Å². The molecule has 0 aliphatic carbocycles. The Hall–Kier alpha value is -6.38. The summed E-state index contributed by atoms with van der Waals surface area (Å²) in [7, 11) is 0. The Morgan fingerprint density at radius 1 is 0.354 bits per heavy atom. The molecule has 9 aromatic carbocycles. The zero-order valence-corrected chi connectivity index (χ0v) is 26.1. The van der Waals surface area contributed by atoms with Crippen LogP contribution in [0.25, 0.3) is 76.2 Å². The molecule has 0 spiro atoms. The highest BCUT2D eigenvalue weighted by atomic mass is 16.3. The number of hydrogen-bond acceptors (Lipinski definition) is 2. The Balaban J connectivity index is 1.18. The summed E-state index contributed by atoms with van der Waals surface area (Å²) in [6.45, 7) is 0.